The van der Waals surface area contributed by atoms with E-state index in [1.807, 2.05) is 42.2 Å². The molecule has 3 atom stereocenters. The molecule has 1 saturated heterocycles. The number of rotatable bonds is 9. The van der Waals surface area contributed by atoms with Crippen LogP contribution in [0.5, 0.6) is 0 Å². The molecule has 240 valence electrons. The fraction of sp³-hybridized carbons (Fsp3) is 0.514. The van der Waals surface area contributed by atoms with Gasteiger partial charge in [0, 0.05) is 52.2 Å². The number of aryl methyl sites for hydroxylation is 1. The van der Waals surface area contributed by atoms with Gasteiger partial charge in [-0.05, 0) is 70.6 Å². The summed E-state index contributed by atoms with van der Waals surface area (Å²) >= 11 is 0. The van der Waals surface area contributed by atoms with E-state index in [2.05, 4.69) is 62.4 Å². The lowest BCUT2D eigenvalue weighted by Crippen LogP contribution is -2.87. The first-order chi connectivity index (χ1) is 22.0. The Kier molecular flexibility index (Phi) is 10.2. The molecule has 1 saturated carbocycles. The lowest BCUT2D eigenvalue weighted by molar-refractivity contribution is -0.725. The van der Waals surface area contributed by atoms with E-state index in [1.165, 1.54) is 42.4 Å². The maximum atomic E-state index is 14.1. The zero-order chi connectivity index (χ0) is 31.2. The van der Waals surface area contributed by atoms with Crippen LogP contribution in [-0.2, 0) is 29.0 Å². The smallest absolute Gasteiger partial charge is 0.270 e. The number of hydrogen-bond acceptors (Lipinski definition) is 7. The highest BCUT2D eigenvalue weighted by Gasteiger charge is 2.36. The van der Waals surface area contributed by atoms with Crippen LogP contribution in [0.25, 0.3) is 6.08 Å². The zero-order valence-electron chi connectivity index (χ0n) is 26.8. The molecule has 2 aromatic carbocycles. The van der Waals surface area contributed by atoms with Gasteiger partial charge in [0.25, 0.3) is 5.91 Å². The molecule has 10 heteroatoms. The number of carbonyl (C=O) groups is 2. The molecule has 2 amide bonds. The molecule has 4 aliphatic rings. The molecule has 0 bridgehead atoms. The highest BCUT2D eigenvalue weighted by atomic mass is 16.2. The van der Waals surface area contributed by atoms with Crippen molar-refractivity contribution in [3.63, 3.8) is 0 Å². The first kappa shape index (κ1) is 31.4. The predicted octanol–water partition coefficient (Wildman–Crippen LogP) is 2.15. The number of carbonyl (C=O) groups excluding carboxylic acids is 2. The molecule has 2 unspecified atom stereocenters. The molecule has 0 spiro atoms. The standard InChI is InChI=1S/C35H48N8O2/c1-3-8-26-13-15-27(16-14-26)21-32(37-34(44)31-22-28-9-4-5-10-29(28)23-36-31)35(45)42-19-17-41(18-20-42)33-12-7-6-11-30(33)24-43-25(2)38-39-40-43/h4-5,9-10,13-16,21,30-31,33,36,39-40H,3,6-8,11-12,17-20,22-24H2,1-2H3,(H,37,44)/p+1/b32-21+/t30?,31-,33?/m0/s1. The molecular formula is C35H49N8O2+. The lowest BCUT2D eigenvalue weighted by atomic mass is 9.83. The molecule has 3 heterocycles. The van der Waals surface area contributed by atoms with Crippen molar-refractivity contribution in [3.8, 4) is 0 Å². The molecule has 3 aliphatic heterocycles. The van der Waals surface area contributed by atoms with E-state index in [1.54, 1.807) is 5.53 Å². The average Bonchev–Trinajstić information content (AvgIpc) is 3.48. The topological polar surface area (TPSA) is 109 Å². The van der Waals surface area contributed by atoms with E-state index in [0.717, 1.165) is 43.9 Å². The Balaban J connectivity index is 1.13. The van der Waals surface area contributed by atoms with E-state index in [0.29, 0.717) is 43.7 Å². The maximum absolute atomic E-state index is 14.1. The summed E-state index contributed by atoms with van der Waals surface area (Å²) in [7, 11) is 0. The van der Waals surface area contributed by atoms with Gasteiger partial charge in [0.2, 0.25) is 5.91 Å². The fourth-order valence-corrected chi connectivity index (χ4v) is 7.33. The highest BCUT2D eigenvalue weighted by molar-refractivity contribution is 6.02. The van der Waals surface area contributed by atoms with Crippen molar-refractivity contribution < 1.29 is 15.1 Å². The molecular weight excluding hydrogens is 564 g/mol. The third-order valence-electron chi connectivity index (χ3n) is 9.93. The number of benzene rings is 2. The van der Waals surface area contributed by atoms with Crippen LogP contribution in [0.2, 0.25) is 0 Å². The quantitative estimate of drug-likeness (QED) is 0.255. The number of hydrogen-bond donors (Lipinski definition) is 4. The van der Waals surface area contributed by atoms with Crippen molar-refractivity contribution in [2.24, 2.45) is 11.0 Å². The van der Waals surface area contributed by atoms with Gasteiger partial charge in [-0.15, -0.1) is 5.53 Å². The minimum atomic E-state index is -0.389. The summed E-state index contributed by atoms with van der Waals surface area (Å²) in [4.78, 5) is 32.2. The second-order valence-corrected chi connectivity index (χ2v) is 12.9. The Hall–Kier alpha value is -3.57. The number of amidine groups is 1. The number of nitrogens with one attached hydrogen (secondary N) is 3. The van der Waals surface area contributed by atoms with Crippen LogP contribution >= 0.6 is 0 Å². The highest BCUT2D eigenvalue weighted by Crippen LogP contribution is 2.30. The summed E-state index contributed by atoms with van der Waals surface area (Å²) < 4.78 is 0. The minimum absolute atomic E-state index is 0.110. The Morgan fingerprint density at radius 3 is 2.51 bits per heavy atom. The fourth-order valence-electron chi connectivity index (χ4n) is 7.33. The molecule has 1 aliphatic carbocycles. The molecule has 2 fully saturated rings. The average molecular weight is 614 g/mol. The largest absolute Gasteiger partial charge is 0.335 e. The Bertz CT molecular complexity index is 1400. The minimum Gasteiger partial charge on any atom is -0.335 e. The van der Waals surface area contributed by atoms with Crippen LogP contribution in [0, 0.1) is 5.92 Å². The summed E-state index contributed by atoms with van der Waals surface area (Å²) in [6, 6.07) is 16.6. The SMILES string of the molecule is CCCc1ccc(/C=C(/NC(=O)[C@@H]2Cc3ccccc3CN2)C(=O)N2CCN(C3CCCCC3CN3N[NH2+]N=C3C)CC2)cc1. The van der Waals surface area contributed by atoms with Crippen LogP contribution in [0.1, 0.15) is 68.2 Å². The van der Waals surface area contributed by atoms with Gasteiger partial charge in [-0.1, -0.05) is 74.7 Å². The monoisotopic (exact) mass is 613 g/mol. The molecule has 45 heavy (non-hydrogen) atoms. The number of quaternary nitrogens is 1. The van der Waals surface area contributed by atoms with E-state index in [9.17, 15) is 9.59 Å². The van der Waals surface area contributed by atoms with Crippen LogP contribution in [0.4, 0.5) is 0 Å². The maximum Gasteiger partial charge on any atom is 0.270 e. The van der Waals surface area contributed by atoms with Gasteiger partial charge in [-0.3, -0.25) is 14.5 Å². The Morgan fingerprint density at radius 1 is 1.02 bits per heavy atom. The molecule has 0 radical (unpaired) electrons. The summed E-state index contributed by atoms with van der Waals surface area (Å²) in [5, 5.41) is 13.0. The summed E-state index contributed by atoms with van der Waals surface area (Å²) in [5.41, 5.74) is 9.97. The van der Waals surface area contributed by atoms with Crippen molar-refractivity contribution in [2.75, 3.05) is 32.7 Å². The molecule has 0 aromatic heterocycles. The van der Waals surface area contributed by atoms with Crippen LogP contribution in [0.3, 0.4) is 0 Å². The first-order valence-corrected chi connectivity index (χ1v) is 16.8. The number of piperazine rings is 1. The number of nitrogens with two attached hydrogens (primary N) is 1. The van der Waals surface area contributed by atoms with Gasteiger partial charge in [0.1, 0.15) is 5.70 Å². The van der Waals surface area contributed by atoms with E-state index in [-0.39, 0.29) is 17.9 Å². The van der Waals surface area contributed by atoms with Gasteiger partial charge >= 0.3 is 0 Å². The van der Waals surface area contributed by atoms with Crippen molar-refractivity contribution in [1.29, 1.82) is 0 Å². The van der Waals surface area contributed by atoms with E-state index < -0.39 is 0 Å². The van der Waals surface area contributed by atoms with Gasteiger partial charge in [0.15, 0.2) is 5.84 Å². The number of hydrazine groups is 1. The Labute approximate surface area is 267 Å². The zero-order valence-corrected chi connectivity index (χ0v) is 26.8. The van der Waals surface area contributed by atoms with Crippen molar-refractivity contribution in [2.45, 2.75) is 77.4 Å². The normalized spacial score (nSPS) is 24.3. The molecule has 2 aromatic rings. The molecule has 10 nitrogen and oxygen atoms in total. The third kappa shape index (κ3) is 7.64. The van der Waals surface area contributed by atoms with Gasteiger partial charge in [-0.25, -0.2) is 5.01 Å². The summed E-state index contributed by atoms with van der Waals surface area (Å²) in [5.74, 6) is 1.30. The van der Waals surface area contributed by atoms with Crippen molar-refractivity contribution >= 4 is 23.7 Å². The number of nitrogens with zero attached hydrogens (tertiary/aromatic N) is 4. The van der Waals surface area contributed by atoms with Crippen LogP contribution in [0.15, 0.2) is 59.3 Å². The van der Waals surface area contributed by atoms with E-state index >= 15 is 0 Å². The first-order valence-electron chi connectivity index (χ1n) is 16.8. The van der Waals surface area contributed by atoms with Crippen molar-refractivity contribution in [3.05, 3.63) is 76.5 Å². The predicted molar refractivity (Wildman–Crippen MR) is 176 cm³/mol. The van der Waals surface area contributed by atoms with Crippen LogP contribution in [-0.4, -0.2) is 77.3 Å². The lowest BCUT2D eigenvalue weighted by Gasteiger charge is -2.45. The van der Waals surface area contributed by atoms with E-state index in [4.69, 9.17) is 0 Å². The molecule has 6 rings (SSSR count). The summed E-state index contributed by atoms with van der Waals surface area (Å²) in [6.07, 6.45) is 9.48. The number of fused-ring (bicyclic) bond motifs is 1. The van der Waals surface area contributed by atoms with Crippen LogP contribution < -0.4 is 21.7 Å². The third-order valence-corrected chi connectivity index (χ3v) is 9.93. The number of amides is 2. The van der Waals surface area contributed by atoms with Crippen molar-refractivity contribution in [1.82, 2.24) is 31.0 Å². The second kappa shape index (κ2) is 14.7. The van der Waals surface area contributed by atoms with Gasteiger partial charge in [0.05, 0.1) is 6.04 Å². The molecule has 5 N–H and O–H groups in total. The Morgan fingerprint density at radius 2 is 1.78 bits per heavy atom. The summed E-state index contributed by atoms with van der Waals surface area (Å²) in [6.45, 7) is 8.79. The van der Waals surface area contributed by atoms with Gasteiger partial charge in [-0.2, -0.15) is 0 Å². The second-order valence-electron chi connectivity index (χ2n) is 12.9. The van der Waals surface area contributed by atoms with Gasteiger partial charge < -0.3 is 15.5 Å².